The van der Waals surface area contributed by atoms with Crippen LogP contribution in [0.4, 0.5) is 26.2 Å². The summed E-state index contributed by atoms with van der Waals surface area (Å²) in [6.45, 7) is 0.151. The third kappa shape index (κ3) is 5.18. The Kier molecular flexibility index (Phi) is 6.06. The molecule has 0 spiro atoms. The largest absolute Gasteiger partial charge is 0.367 e. The number of rotatable bonds is 8. The molecule has 28 heavy (non-hydrogen) atoms. The van der Waals surface area contributed by atoms with E-state index in [9.17, 15) is 17.2 Å². The minimum absolute atomic E-state index is 0.0330. The Balaban J connectivity index is 1.49. The molecule has 0 aliphatic carbocycles. The molecule has 2 heterocycles. The van der Waals surface area contributed by atoms with Crippen LogP contribution in [-0.2, 0) is 10.0 Å². The smallest absolute Gasteiger partial charge is 0.243 e. The van der Waals surface area contributed by atoms with E-state index in [0.29, 0.717) is 23.5 Å². The van der Waals surface area contributed by atoms with Crippen molar-refractivity contribution in [3.63, 3.8) is 0 Å². The number of aromatic nitrogens is 3. The SMILES string of the molecule is O=S(=O)(NCCNc1ccc(Nc2ccccn2)nn1)c1ccc(F)cc1F. The molecule has 3 rings (SSSR count). The second-order valence-corrected chi connectivity index (χ2v) is 7.28. The Hall–Kier alpha value is -3.18. The van der Waals surface area contributed by atoms with Gasteiger partial charge in [-0.2, -0.15) is 0 Å². The first-order chi connectivity index (χ1) is 13.4. The topological polar surface area (TPSA) is 109 Å². The molecule has 11 heteroatoms. The molecule has 0 bridgehead atoms. The number of hydrogen-bond donors (Lipinski definition) is 3. The fourth-order valence-electron chi connectivity index (χ4n) is 2.21. The lowest BCUT2D eigenvalue weighted by molar-refractivity contribution is 0.543. The van der Waals surface area contributed by atoms with Crippen molar-refractivity contribution in [3.05, 3.63) is 66.4 Å². The summed E-state index contributed by atoms with van der Waals surface area (Å²) < 4.78 is 52.8. The molecule has 0 atom stereocenters. The maximum atomic E-state index is 13.6. The van der Waals surface area contributed by atoms with Gasteiger partial charge < -0.3 is 10.6 Å². The molecule has 0 saturated heterocycles. The summed E-state index contributed by atoms with van der Waals surface area (Å²) in [5.41, 5.74) is 0. The van der Waals surface area contributed by atoms with Crippen LogP contribution in [0.15, 0.2) is 59.6 Å². The van der Waals surface area contributed by atoms with Crippen LogP contribution in [0.3, 0.4) is 0 Å². The van der Waals surface area contributed by atoms with E-state index >= 15 is 0 Å². The van der Waals surface area contributed by atoms with E-state index < -0.39 is 26.6 Å². The first-order valence-corrected chi connectivity index (χ1v) is 9.63. The Labute approximate surface area is 160 Å². The minimum Gasteiger partial charge on any atom is -0.367 e. The van der Waals surface area contributed by atoms with Crippen molar-refractivity contribution in [2.75, 3.05) is 23.7 Å². The molecule has 146 valence electrons. The first kappa shape index (κ1) is 19.6. The van der Waals surface area contributed by atoms with E-state index in [1.165, 1.54) is 0 Å². The minimum atomic E-state index is -4.09. The predicted octanol–water partition coefficient (Wildman–Crippen LogP) is 2.28. The Morgan fingerprint density at radius 3 is 2.36 bits per heavy atom. The van der Waals surface area contributed by atoms with Crippen molar-refractivity contribution in [2.24, 2.45) is 0 Å². The Morgan fingerprint density at radius 2 is 1.68 bits per heavy atom. The summed E-state index contributed by atoms with van der Waals surface area (Å²) in [7, 11) is -4.09. The monoisotopic (exact) mass is 406 g/mol. The number of pyridine rings is 1. The average molecular weight is 406 g/mol. The number of nitrogens with zero attached hydrogens (tertiary/aromatic N) is 3. The lowest BCUT2D eigenvalue weighted by Gasteiger charge is -2.09. The molecule has 0 unspecified atom stereocenters. The molecule has 0 saturated carbocycles. The number of halogens is 2. The molecule has 3 aromatic rings. The predicted molar refractivity (Wildman–Crippen MR) is 99.6 cm³/mol. The van der Waals surface area contributed by atoms with E-state index in [-0.39, 0.29) is 13.1 Å². The van der Waals surface area contributed by atoms with Gasteiger partial charge in [-0.3, -0.25) is 0 Å². The first-order valence-electron chi connectivity index (χ1n) is 8.14. The van der Waals surface area contributed by atoms with Crippen molar-refractivity contribution in [3.8, 4) is 0 Å². The molecule has 8 nitrogen and oxygen atoms in total. The lowest BCUT2D eigenvalue weighted by Crippen LogP contribution is -2.29. The van der Waals surface area contributed by atoms with Gasteiger partial charge in [-0.05, 0) is 36.4 Å². The fourth-order valence-corrected chi connectivity index (χ4v) is 3.30. The highest BCUT2D eigenvalue weighted by Crippen LogP contribution is 2.15. The Bertz CT molecular complexity index is 1030. The maximum absolute atomic E-state index is 13.6. The van der Waals surface area contributed by atoms with Crippen molar-refractivity contribution in [1.29, 1.82) is 0 Å². The summed E-state index contributed by atoms with van der Waals surface area (Å²) in [5, 5.41) is 13.8. The van der Waals surface area contributed by atoms with Gasteiger partial charge in [0.15, 0.2) is 5.82 Å². The van der Waals surface area contributed by atoms with Crippen molar-refractivity contribution < 1.29 is 17.2 Å². The summed E-state index contributed by atoms with van der Waals surface area (Å²) in [5.74, 6) is -0.449. The number of hydrogen-bond acceptors (Lipinski definition) is 7. The van der Waals surface area contributed by atoms with Gasteiger partial charge in [0.05, 0.1) is 0 Å². The number of anilines is 3. The third-order valence-corrected chi connectivity index (χ3v) is 4.99. The highest BCUT2D eigenvalue weighted by molar-refractivity contribution is 7.89. The molecule has 0 fully saturated rings. The van der Waals surface area contributed by atoms with Crippen LogP contribution < -0.4 is 15.4 Å². The standard InChI is InChI=1S/C17H16F2N6O2S/c18-12-4-5-14(13(19)11-12)28(26,27)22-10-9-21-16-6-7-17(25-24-16)23-15-3-1-2-8-20-15/h1-8,11,22H,9-10H2,(H,21,24)(H,20,23,25). The zero-order valence-electron chi connectivity index (χ0n) is 14.4. The van der Waals surface area contributed by atoms with Crippen molar-refractivity contribution in [2.45, 2.75) is 4.90 Å². The lowest BCUT2D eigenvalue weighted by atomic mass is 10.3. The molecule has 0 radical (unpaired) electrons. The maximum Gasteiger partial charge on any atom is 0.243 e. The number of sulfonamides is 1. The van der Waals surface area contributed by atoms with Crippen LogP contribution in [0.1, 0.15) is 0 Å². The van der Waals surface area contributed by atoms with E-state index in [1.54, 1.807) is 30.5 Å². The summed E-state index contributed by atoms with van der Waals surface area (Å²) in [4.78, 5) is 3.50. The van der Waals surface area contributed by atoms with Gasteiger partial charge in [-0.25, -0.2) is 26.9 Å². The normalized spacial score (nSPS) is 11.2. The van der Waals surface area contributed by atoms with E-state index in [4.69, 9.17) is 0 Å². The van der Waals surface area contributed by atoms with Crippen LogP contribution in [0.25, 0.3) is 0 Å². The van der Waals surface area contributed by atoms with Crippen LogP contribution >= 0.6 is 0 Å². The summed E-state index contributed by atoms with van der Waals surface area (Å²) >= 11 is 0. The zero-order chi connectivity index (χ0) is 20.0. The van der Waals surface area contributed by atoms with Gasteiger partial charge >= 0.3 is 0 Å². The second kappa shape index (κ2) is 8.67. The van der Waals surface area contributed by atoms with Crippen LogP contribution in [-0.4, -0.2) is 36.7 Å². The quantitative estimate of drug-likeness (QED) is 0.493. The average Bonchev–Trinajstić information content (AvgIpc) is 2.67. The molecule has 3 N–H and O–H groups in total. The van der Waals surface area contributed by atoms with E-state index in [2.05, 4.69) is 30.5 Å². The van der Waals surface area contributed by atoms with Crippen molar-refractivity contribution >= 4 is 27.5 Å². The number of benzene rings is 1. The van der Waals surface area contributed by atoms with E-state index in [1.807, 2.05) is 6.07 Å². The van der Waals surface area contributed by atoms with Gasteiger partial charge in [0.1, 0.15) is 28.2 Å². The van der Waals surface area contributed by atoms with Gasteiger partial charge in [0.25, 0.3) is 0 Å². The summed E-state index contributed by atoms with van der Waals surface area (Å²) in [6.07, 6.45) is 1.64. The fraction of sp³-hybridized carbons (Fsp3) is 0.118. The Morgan fingerprint density at radius 1 is 0.893 bits per heavy atom. The third-order valence-electron chi connectivity index (χ3n) is 3.49. The van der Waals surface area contributed by atoms with Gasteiger partial charge in [-0.1, -0.05) is 6.07 Å². The molecular formula is C17H16F2N6O2S. The highest BCUT2D eigenvalue weighted by atomic mass is 32.2. The highest BCUT2D eigenvalue weighted by Gasteiger charge is 2.18. The van der Waals surface area contributed by atoms with Crippen LogP contribution in [0.5, 0.6) is 0 Å². The van der Waals surface area contributed by atoms with Gasteiger partial charge in [0.2, 0.25) is 10.0 Å². The molecule has 0 aliphatic rings. The molecular weight excluding hydrogens is 390 g/mol. The zero-order valence-corrected chi connectivity index (χ0v) is 15.2. The van der Waals surface area contributed by atoms with Gasteiger partial charge in [0, 0.05) is 25.4 Å². The summed E-state index contributed by atoms with van der Waals surface area (Å²) in [6, 6.07) is 11.0. The molecule has 1 aromatic carbocycles. The van der Waals surface area contributed by atoms with Crippen LogP contribution in [0.2, 0.25) is 0 Å². The van der Waals surface area contributed by atoms with E-state index in [0.717, 1.165) is 12.1 Å². The number of nitrogens with one attached hydrogen (secondary N) is 3. The second-order valence-electron chi connectivity index (χ2n) is 5.54. The van der Waals surface area contributed by atoms with Crippen molar-refractivity contribution in [1.82, 2.24) is 19.9 Å². The van der Waals surface area contributed by atoms with Gasteiger partial charge in [-0.15, -0.1) is 10.2 Å². The molecule has 0 aliphatic heterocycles. The molecule has 0 amide bonds. The molecule has 2 aromatic heterocycles. The van der Waals surface area contributed by atoms with Crippen LogP contribution in [0, 0.1) is 11.6 Å².